The zero-order valence-electron chi connectivity index (χ0n) is 10.00. The lowest BCUT2D eigenvalue weighted by Gasteiger charge is -2.35. The van der Waals surface area contributed by atoms with Gasteiger partial charge < -0.3 is 23.2 Å². The molecule has 0 atom stereocenters. The summed E-state index contributed by atoms with van der Waals surface area (Å²) in [5, 5.41) is 7.91. The van der Waals surface area contributed by atoms with E-state index in [1.54, 1.807) is 0 Å². The summed E-state index contributed by atoms with van der Waals surface area (Å²) in [6.07, 6.45) is -0.176. The SMILES string of the molecule is B.CCC(O)(P(=O)(OC)OC)P(=O)(OC)OC. The van der Waals surface area contributed by atoms with Crippen LogP contribution in [0.2, 0.25) is 0 Å². The maximum atomic E-state index is 12.1. The van der Waals surface area contributed by atoms with Crippen LogP contribution < -0.4 is 0 Å². The molecule has 0 rings (SSSR count). The lowest BCUT2D eigenvalue weighted by molar-refractivity contribution is 0.101. The molecule has 1 N–H and O–H groups in total. The molecule has 17 heavy (non-hydrogen) atoms. The van der Waals surface area contributed by atoms with Crippen molar-refractivity contribution in [3.63, 3.8) is 0 Å². The minimum Gasteiger partial charge on any atom is -0.368 e. The number of rotatable bonds is 7. The van der Waals surface area contributed by atoms with Crippen LogP contribution in [0.4, 0.5) is 0 Å². The number of hydrogen-bond donors (Lipinski definition) is 1. The summed E-state index contributed by atoms with van der Waals surface area (Å²) in [5.74, 6) is 0. The molecule has 0 spiro atoms. The number of hydrogen-bond acceptors (Lipinski definition) is 7. The fraction of sp³-hybridized carbons (Fsp3) is 1.00. The molecule has 0 saturated carbocycles. The third kappa shape index (κ3) is 3.02. The minimum atomic E-state index is -4.02. The Kier molecular flexibility index (Phi) is 8.15. The largest absolute Gasteiger partial charge is 0.374 e. The normalized spacial score (nSPS) is 13.3. The van der Waals surface area contributed by atoms with E-state index in [0.717, 1.165) is 28.4 Å². The molecule has 0 aliphatic rings. The fourth-order valence-electron chi connectivity index (χ4n) is 1.27. The first-order chi connectivity index (χ1) is 7.30. The maximum absolute atomic E-state index is 12.1. The summed E-state index contributed by atoms with van der Waals surface area (Å²) in [6.45, 7) is 1.47. The van der Waals surface area contributed by atoms with Gasteiger partial charge >= 0.3 is 15.2 Å². The fourth-order valence-corrected chi connectivity index (χ4v) is 5.69. The second-order valence-corrected chi connectivity index (χ2v) is 8.14. The molecule has 10 heteroatoms. The Hall–Kier alpha value is 0.325. The van der Waals surface area contributed by atoms with E-state index in [2.05, 4.69) is 18.1 Å². The van der Waals surface area contributed by atoms with Crippen molar-refractivity contribution in [2.75, 3.05) is 28.4 Å². The summed E-state index contributed by atoms with van der Waals surface area (Å²) in [6, 6.07) is 0. The Bertz CT molecular complexity index is 279. The molecule has 0 heterocycles. The predicted octanol–water partition coefficient (Wildman–Crippen LogP) is 0.830. The van der Waals surface area contributed by atoms with E-state index < -0.39 is 20.3 Å². The van der Waals surface area contributed by atoms with E-state index in [9.17, 15) is 14.2 Å². The standard InChI is InChI=1S/C7H18O7P2.BH3/c1-6-7(8,15(9,11-2)12-3)16(10,13-4)14-5;/h8H,6H2,1-5H3;1H3. The highest BCUT2D eigenvalue weighted by atomic mass is 31.2. The molecule has 7 nitrogen and oxygen atoms in total. The highest BCUT2D eigenvalue weighted by molar-refractivity contribution is 7.73. The molecule has 0 amide bonds. The Morgan fingerprint density at radius 2 is 1.18 bits per heavy atom. The smallest absolute Gasteiger partial charge is 0.368 e. The van der Waals surface area contributed by atoms with Gasteiger partial charge in [-0.2, -0.15) is 0 Å². The second kappa shape index (κ2) is 7.05. The van der Waals surface area contributed by atoms with E-state index in [0.29, 0.717) is 0 Å². The highest BCUT2D eigenvalue weighted by Crippen LogP contribution is 2.76. The van der Waals surface area contributed by atoms with Gasteiger partial charge in [-0.3, -0.25) is 9.13 Å². The molecule has 0 bridgehead atoms. The molecule has 0 aromatic heterocycles. The van der Waals surface area contributed by atoms with Crippen molar-refractivity contribution >= 4 is 23.6 Å². The molecule has 104 valence electrons. The van der Waals surface area contributed by atoms with E-state index >= 15 is 0 Å². The van der Waals surface area contributed by atoms with E-state index in [1.807, 2.05) is 0 Å². The van der Waals surface area contributed by atoms with Crippen molar-refractivity contribution in [1.82, 2.24) is 0 Å². The first-order valence-corrected chi connectivity index (χ1v) is 7.55. The van der Waals surface area contributed by atoms with Crippen LogP contribution in [-0.4, -0.2) is 47.0 Å². The summed E-state index contributed by atoms with van der Waals surface area (Å²) in [4.78, 5) is 0. The van der Waals surface area contributed by atoms with Crippen molar-refractivity contribution in [1.29, 1.82) is 0 Å². The van der Waals surface area contributed by atoms with E-state index in [4.69, 9.17) is 0 Å². The summed E-state index contributed by atoms with van der Waals surface area (Å²) in [7, 11) is -3.70. The van der Waals surface area contributed by atoms with Gasteiger partial charge in [0.05, 0.1) is 8.41 Å². The summed E-state index contributed by atoms with van der Waals surface area (Å²) in [5.41, 5.74) is 0. The van der Waals surface area contributed by atoms with E-state index in [-0.39, 0.29) is 14.8 Å². The minimum absolute atomic E-state index is 0. The highest BCUT2D eigenvalue weighted by Gasteiger charge is 2.62. The van der Waals surface area contributed by atoms with Crippen molar-refractivity contribution in [3.8, 4) is 0 Å². The van der Waals surface area contributed by atoms with Gasteiger partial charge in [0.1, 0.15) is 0 Å². The lowest BCUT2D eigenvalue weighted by Crippen LogP contribution is -2.30. The zero-order valence-corrected chi connectivity index (χ0v) is 11.8. The molecule has 0 unspecified atom stereocenters. The van der Waals surface area contributed by atoms with Gasteiger partial charge in [-0.1, -0.05) is 6.92 Å². The van der Waals surface area contributed by atoms with Crippen molar-refractivity contribution < 1.29 is 32.3 Å². The number of aliphatic hydroxyl groups is 1. The van der Waals surface area contributed by atoms with Gasteiger partial charge in [0.25, 0.3) is 5.08 Å². The van der Waals surface area contributed by atoms with Crippen LogP contribution in [0.3, 0.4) is 0 Å². The second-order valence-electron chi connectivity index (χ2n) is 2.85. The molecular formula is C7H21BO7P2. The van der Waals surface area contributed by atoms with Gasteiger partial charge in [-0.15, -0.1) is 0 Å². The van der Waals surface area contributed by atoms with Crippen LogP contribution in [0.1, 0.15) is 13.3 Å². The van der Waals surface area contributed by atoms with Crippen LogP contribution in [-0.2, 0) is 27.2 Å². The Labute approximate surface area is 103 Å². The van der Waals surface area contributed by atoms with Gasteiger partial charge in [0.2, 0.25) is 0 Å². The molecular weight excluding hydrogens is 269 g/mol. The molecule has 0 aromatic carbocycles. The monoisotopic (exact) mass is 290 g/mol. The summed E-state index contributed by atoms with van der Waals surface area (Å²) >= 11 is 0. The first kappa shape index (κ1) is 19.7. The zero-order chi connectivity index (χ0) is 13.0. The topological polar surface area (TPSA) is 91.3 Å². The average molecular weight is 290 g/mol. The lowest BCUT2D eigenvalue weighted by atomic mass is 10.5. The van der Waals surface area contributed by atoms with Gasteiger partial charge in [0, 0.05) is 28.4 Å². The van der Waals surface area contributed by atoms with Crippen molar-refractivity contribution in [2.24, 2.45) is 0 Å². The summed E-state index contributed by atoms with van der Waals surface area (Å²) < 4.78 is 42.9. The molecule has 0 saturated heterocycles. The maximum Gasteiger partial charge on any atom is 0.374 e. The van der Waals surface area contributed by atoms with Crippen LogP contribution >= 0.6 is 15.2 Å². The average Bonchev–Trinajstić information content (AvgIpc) is 2.35. The van der Waals surface area contributed by atoms with Crippen molar-refractivity contribution in [3.05, 3.63) is 0 Å². The Morgan fingerprint density at radius 3 is 1.29 bits per heavy atom. The Balaban J connectivity index is 0. The van der Waals surface area contributed by atoms with Crippen LogP contribution in [0.5, 0.6) is 0 Å². The molecule has 0 aliphatic heterocycles. The molecule has 0 aromatic rings. The van der Waals surface area contributed by atoms with Crippen LogP contribution in [0.15, 0.2) is 0 Å². The molecule has 0 fully saturated rings. The molecule has 0 radical (unpaired) electrons. The third-order valence-corrected chi connectivity index (χ3v) is 8.09. The van der Waals surface area contributed by atoms with Crippen LogP contribution in [0.25, 0.3) is 0 Å². The van der Waals surface area contributed by atoms with Crippen LogP contribution in [0, 0.1) is 0 Å². The van der Waals surface area contributed by atoms with E-state index in [1.165, 1.54) is 6.92 Å². The Morgan fingerprint density at radius 1 is 0.941 bits per heavy atom. The quantitative estimate of drug-likeness (QED) is 0.548. The van der Waals surface area contributed by atoms with Crippen molar-refractivity contribution in [2.45, 2.75) is 18.4 Å². The predicted molar refractivity (Wildman–Crippen MR) is 68.4 cm³/mol. The van der Waals surface area contributed by atoms with Gasteiger partial charge in [-0.05, 0) is 6.42 Å². The molecule has 0 aliphatic carbocycles. The first-order valence-electron chi connectivity index (χ1n) is 4.46. The third-order valence-electron chi connectivity index (χ3n) is 2.31. The van der Waals surface area contributed by atoms with Gasteiger partial charge in [0.15, 0.2) is 0 Å². The van der Waals surface area contributed by atoms with Gasteiger partial charge in [-0.25, -0.2) is 0 Å².